The standard InChI is InChI=1S/C12H15ClN4S/c1-7-5-9-10(14-8-3-4-17(2)6-8)15-12(13)16-11(9)18-7/h5,8H,3-4,6H2,1-2H3,(H,14,15,16). The Morgan fingerprint density at radius 3 is 3.06 bits per heavy atom. The zero-order valence-corrected chi connectivity index (χ0v) is 12.0. The average Bonchev–Trinajstić information content (AvgIpc) is 2.84. The molecule has 3 heterocycles. The third kappa shape index (κ3) is 2.30. The molecular weight excluding hydrogens is 268 g/mol. The molecule has 96 valence electrons. The van der Waals surface area contributed by atoms with Gasteiger partial charge in [-0.15, -0.1) is 11.3 Å². The van der Waals surface area contributed by atoms with Crippen LogP contribution in [-0.2, 0) is 0 Å². The van der Waals surface area contributed by atoms with Crippen LogP contribution in [0.1, 0.15) is 11.3 Å². The average molecular weight is 283 g/mol. The molecular formula is C12H15ClN4S. The second-order valence-electron chi connectivity index (χ2n) is 4.81. The van der Waals surface area contributed by atoms with E-state index in [1.807, 2.05) is 0 Å². The highest BCUT2D eigenvalue weighted by Gasteiger charge is 2.21. The minimum atomic E-state index is 0.318. The Balaban J connectivity index is 1.95. The highest BCUT2D eigenvalue weighted by Crippen LogP contribution is 2.30. The van der Waals surface area contributed by atoms with Crippen molar-refractivity contribution in [2.75, 3.05) is 25.5 Å². The third-order valence-corrected chi connectivity index (χ3v) is 4.33. The molecule has 2 aromatic rings. The van der Waals surface area contributed by atoms with Crippen molar-refractivity contribution < 1.29 is 0 Å². The van der Waals surface area contributed by atoms with Crippen LogP contribution in [-0.4, -0.2) is 41.0 Å². The maximum Gasteiger partial charge on any atom is 0.225 e. The summed E-state index contributed by atoms with van der Waals surface area (Å²) in [5, 5.41) is 4.90. The Kier molecular flexibility index (Phi) is 3.13. The van der Waals surface area contributed by atoms with E-state index in [-0.39, 0.29) is 0 Å². The van der Waals surface area contributed by atoms with E-state index in [0.29, 0.717) is 11.3 Å². The summed E-state index contributed by atoms with van der Waals surface area (Å²) in [4.78, 5) is 13.1. The number of hydrogen-bond donors (Lipinski definition) is 1. The minimum absolute atomic E-state index is 0.318. The topological polar surface area (TPSA) is 41.0 Å². The van der Waals surface area contributed by atoms with Crippen molar-refractivity contribution in [3.8, 4) is 0 Å². The summed E-state index contributed by atoms with van der Waals surface area (Å²) in [6.45, 7) is 4.25. The van der Waals surface area contributed by atoms with Gasteiger partial charge in [-0.1, -0.05) is 0 Å². The molecule has 1 aliphatic rings. The van der Waals surface area contributed by atoms with Crippen molar-refractivity contribution in [3.05, 3.63) is 16.2 Å². The van der Waals surface area contributed by atoms with E-state index in [2.05, 4.69) is 40.2 Å². The molecule has 1 atom stereocenters. The summed E-state index contributed by atoms with van der Waals surface area (Å²) in [5.74, 6) is 0.870. The van der Waals surface area contributed by atoms with Crippen LogP contribution in [0.15, 0.2) is 6.07 Å². The van der Waals surface area contributed by atoms with Gasteiger partial charge in [0.2, 0.25) is 5.28 Å². The number of thiophene rings is 1. The van der Waals surface area contributed by atoms with Crippen molar-refractivity contribution in [2.45, 2.75) is 19.4 Å². The van der Waals surface area contributed by atoms with Crippen LogP contribution in [0.4, 0.5) is 5.82 Å². The largest absolute Gasteiger partial charge is 0.365 e. The maximum absolute atomic E-state index is 5.98. The molecule has 18 heavy (non-hydrogen) atoms. The normalized spacial score (nSPS) is 20.7. The highest BCUT2D eigenvalue weighted by molar-refractivity contribution is 7.18. The summed E-state index contributed by atoms with van der Waals surface area (Å²) in [5.41, 5.74) is 0. The van der Waals surface area contributed by atoms with Crippen LogP contribution in [0.5, 0.6) is 0 Å². The molecule has 0 bridgehead atoms. The minimum Gasteiger partial charge on any atom is -0.365 e. The van der Waals surface area contributed by atoms with E-state index < -0.39 is 0 Å². The van der Waals surface area contributed by atoms with Gasteiger partial charge in [-0.05, 0) is 44.6 Å². The van der Waals surface area contributed by atoms with Gasteiger partial charge in [0.15, 0.2) is 0 Å². The number of hydrogen-bond acceptors (Lipinski definition) is 5. The predicted molar refractivity (Wildman–Crippen MR) is 76.7 cm³/mol. The fourth-order valence-corrected chi connectivity index (χ4v) is 3.47. The van der Waals surface area contributed by atoms with Gasteiger partial charge in [0.1, 0.15) is 10.6 Å². The summed E-state index contributed by atoms with van der Waals surface area (Å²) >= 11 is 7.63. The van der Waals surface area contributed by atoms with Gasteiger partial charge >= 0.3 is 0 Å². The zero-order valence-electron chi connectivity index (χ0n) is 10.4. The number of nitrogens with zero attached hydrogens (tertiary/aromatic N) is 3. The number of aromatic nitrogens is 2. The second-order valence-corrected chi connectivity index (χ2v) is 6.38. The molecule has 0 aromatic carbocycles. The van der Waals surface area contributed by atoms with Gasteiger partial charge in [0.05, 0.1) is 5.39 Å². The molecule has 4 nitrogen and oxygen atoms in total. The number of halogens is 1. The number of rotatable bonds is 2. The highest BCUT2D eigenvalue weighted by atomic mass is 35.5. The lowest BCUT2D eigenvalue weighted by atomic mass is 10.2. The number of anilines is 1. The van der Waals surface area contributed by atoms with Gasteiger partial charge in [0.25, 0.3) is 0 Å². The van der Waals surface area contributed by atoms with E-state index in [4.69, 9.17) is 11.6 Å². The zero-order chi connectivity index (χ0) is 12.7. The van der Waals surface area contributed by atoms with Crippen LogP contribution in [0.3, 0.4) is 0 Å². The van der Waals surface area contributed by atoms with Crippen LogP contribution >= 0.6 is 22.9 Å². The number of nitrogens with one attached hydrogen (secondary N) is 1. The molecule has 3 rings (SSSR count). The Morgan fingerprint density at radius 1 is 1.50 bits per heavy atom. The smallest absolute Gasteiger partial charge is 0.225 e. The SMILES string of the molecule is Cc1cc2c(NC3CCN(C)C3)nc(Cl)nc2s1. The van der Waals surface area contributed by atoms with Crippen molar-refractivity contribution >= 4 is 39.0 Å². The van der Waals surface area contributed by atoms with Gasteiger partial charge in [-0.25, -0.2) is 9.97 Å². The van der Waals surface area contributed by atoms with E-state index in [9.17, 15) is 0 Å². The first-order chi connectivity index (χ1) is 8.61. The molecule has 0 spiro atoms. The lowest BCUT2D eigenvalue weighted by Crippen LogP contribution is -2.24. The van der Waals surface area contributed by atoms with Crippen LogP contribution in [0, 0.1) is 6.92 Å². The third-order valence-electron chi connectivity index (χ3n) is 3.22. The fraction of sp³-hybridized carbons (Fsp3) is 0.500. The first-order valence-electron chi connectivity index (χ1n) is 6.00. The molecule has 1 aliphatic heterocycles. The number of fused-ring (bicyclic) bond motifs is 1. The van der Waals surface area contributed by atoms with Crippen molar-refractivity contribution in [1.82, 2.24) is 14.9 Å². The Morgan fingerprint density at radius 2 is 2.33 bits per heavy atom. The molecule has 0 amide bonds. The molecule has 0 aliphatic carbocycles. The summed E-state index contributed by atoms with van der Waals surface area (Å²) in [6.07, 6.45) is 1.14. The van der Waals surface area contributed by atoms with Gasteiger partial charge in [0, 0.05) is 17.5 Å². The molecule has 2 aromatic heterocycles. The first kappa shape index (κ1) is 12.1. The van der Waals surface area contributed by atoms with Crippen molar-refractivity contribution in [3.63, 3.8) is 0 Å². The first-order valence-corrected chi connectivity index (χ1v) is 7.20. The lowest BCUT2D eigenvalue weighted by Gasteiger charge is -2.14. The Labute approximate surface area is 115 Å². The second kappa shape index (κ2) is 4.64. The number of likely N-dealkylation sites (N-methyl/N-ethyl adjacent to an activating group) is 1. The summed E-state index contributed by atoms with van der Waals surface area (Å²) in [7, 11) is 2.14. The monoisotopic (exact) mass is 282 g/mol. The van der Waals surface area contributed by atoms with Crippen molar-refractivity contribution in [1.29, 1.82) is 0 Å². The number of aryl methyl sites for hydroxylation is 1. The van der Waals surface area contributed by atoms with Crippen LogP contribution in [0.2, 0.25) is 5.28 Å². The van der Waals surface area contributed by atoms with Crippen LogP contribution in [0.25, 0.3) is 10.2 Å². The van der Waals surface area contributed by atoms with E-state index in [1.165, 1.54) is 4.88 Å². The molecule has 1 saturated heterocycles. The van der Waals surface area contributed by atoms with E-state index in [0.717, 1.165) is 35.5 Å². The molecule has 6 heteroatoms. The number of likely N-dealkylation sites (tertiary alicyclic amines) is 1. The van der Waals surface area contributed by atoms with Gasteiger partial charge in [-0.2, -0.15) is 0 Å². The summed E-state index contributed by atoms with van der Waals surface area (Å²) < 4.78 is 0. The fourth-order valence-electron chi connectivity index (χ4n) is 2.37. The maximum atomic E-state index is 5.98. The van der Waals surface area contributed by atoms with Crippen molar-refractivity contribution in [2.24, 2.45) is 0 Å². The summed E-state index contributed by atoms with van der Waals surface area (Å²) in [6, 6.07) is 2.57. The van der Waals surface area contributed by atoms with Gasteiger partial charge in [-0.3, -0.25) is 0 Å². The predicted octanol–water partition coefficient (Wildman–Crippen LogP) is 2.77. The van der Waals surface area contributed by atoms with Gasteiger partial charge < -0.3 is 10.2 Å². The van der Waals surface area contributed by atoms with E-state index >= 15 is 0 Å². The quantitative estimate of drug-likeness (QED) is 0.860. The van der Waals surface area contributed by atoms with Crippen LogP contribution < -0.4 is 5.32 Å². The molecule has 0 radical (unpaired) electrons. The lowest BCUT2D eigenvalue weighted by molar-refractivity contribution is 0.414. The molecule has 1 N–H and O–H groups in total. The Hall–Kier alpha value is -0.910. The molecule has 1 fully saturated rings. The molecule has 0 saturated carbocycles. The molecule has 1 unspecified atom stereocenters. The Bertz CT molecular complexity index is 583. The van der Waals surface area contributed by atoms with E-state index in [1.54, 1.807) is 11.3 Å².